The fourth-order valence-corrected chi connectivity index (χ4v) is 2.69. The molecule has 1 heteroatoms. The maximum absolute atomic E-state index is 4.25. The van der Waals surface area contributed by atoms with Crippen LogP contribution in [0.3, 0.4) is 0 Å². The van der Waals surface area contributed by atoms with Gasteiger partial charge in [0.15, 0.2) is 0 Å². The summed E-state index contributed by atoms with van der Waals surface area (Å²) >= 11 is 0. The molecule has 0 atom stereocenters. The van der Waals surface area contributed by atoms with Gasteiger partial charge in [-0.1, -0.05) is 407 Å². The van der Waals surface area contributed by atoms with Crippen molar-refractivity contribution in [2.24, 2.45) is 5.41 Å². The third-order valence-electron chi connectivity index (χ3n) is 4.67. The van der Waals surface area contributed by atoms with Gasteiger partial charge in [-0.2, -0.15) is 0 Å². The number of benzene rings is 7. The van der Waals surface area contributed by atoms with Gasteiger partial charge in [0.1, 0.15) is 0 Å². The lowest BCUT2D eigenvalue weighted by Crippen LogP contribution is -1.93. The van der Waals surface area contributed by atoms with Crippen LogP contribution in [0, 0.1) is 5.41 Å². The van der Waals surface area contributed by atoms with Gasteiger partial charge in [-0.3, -0.25) is 0 Å². The Morgan fingerprint density at radius 3 is 0.176 bits per heavy atom. The van der Waals surface area contributed by atoms with Crippen LogP contribution in [0.25, 0.3) is 0 Å². The van der Waals surface area contributed by atoms with Gasteiger partial charge in [0.2, 0.25) is 0 Å². The molecule has 0 radical (unpaired) electrons. The predicted octanol–water partition coefficient (Wildman–Crippen LogP) is 23.4. The third-order valence-corrected chi connectivity index (χ3v) is 4.67. The molecule has 0 N–H and O–H groups in total. The van der Waals surface area contributed by atoms with Crippen LogP contribution in [0.15, 0.2) is 255 Å². The zero-order valence-corrected chi connectivity index (χ0v) is 49.2. The molecule has 0 aliphatic rings. The number of ether oxygens (including phenoxy) is 1. The summed E-state index contributed by atoms with van der Waals surface area (Å²) in [6.45, 7) is 44.8. The van der Waals surface area contributed by atoms with Crippen LogP contribution >= 0.6 is 0 Å². The van der Waals surface area contributed by atoms with Crippen molar-refractivity contribution in [3.63, 3.8) is 0 Å². The largest absolute Gasteiger partial charge is 0.388 e. The summed E-state index contributed by atoms with van der Waals surface area (Å²) in [4.78, 5) is 0. The highest BCUT2D eigenvalue weighted by Crippen LogP contribution is 2.08. The Morgan fingerprint density at radius 2 is 0.162 bits per heavy atom. The van der Waals surface area contributed by atoms with Gasteiger partial charge in [0, 0.05) is 14.2 Å². The summed E-state index contributed by atoms with van der Waals surface area (Å²) in [7, 11) is 3.25. The van der Waals surface area contributed by atoms with Gasteiger partial charge >= 0.3 is 0 Å². The van der Waals surface area contributed by atoms with E-state index in [0.29, 0.717) is 5.41 Å². The quantitative estimate of drug-likeness (QED) is 0.147. The number of hydrogen-bond donors (Lipinski definition) is 0. The molecule has 0 amide bonds. The van der Waals surface area contributed by atoms with Gasteiger partial charge in [0.05, 0.1) is 0 Å². The lowest BCUT2D eigenvalue weighted by atomic mass is 10.0. The van der Waals surface area contributed by atoms with Crippen molar-refractivity contribution >= 4 is 0 Å². The molecule has 1 nitrogen and oxygen atoms in total. The molecule has 0 unspecified atom stereocenters. The monoisotopic (exact) mass is 935 g/mol. The third kappa shape index (κ3) is 161. The minimum atomic E-state index is 0.500. The molecule has 0 aliphatic carbocycles. The van der Waals surface area contributed by atoms with E-state index < -0.39 is 0 Å². The Morgan fingerprint density at radius 1 is 0.147 bits per heavy atom. The number of hydrogen-bond acceptors (Lipinski definition) is 1. The molecule has 7 rings (SSSR count). The lowest BCUT2D eigenvalue weighted by molar-refractivity contribution is 0.277. The molecule has 0 bridgehead atoms. The van der Waals surface area contributed by atoms with E-state index in [9.17, 15) is 0 Å². The Labute approximate surface area is 429 Å². The van der Waals surface area contributed by atoms with Crippen LogP contribution in [0.5, 0.6) is 0 Å². The molecule has 0 saturated carbocycles. The van der Waals surface area contributed by atoms with Crippen molar-refractivity contribution in [1.82, 2.24) is 0 Å². The van der Waals surface area contributed by atoms with E-state index in [1.54, 1.807) is 14.2 Å². The van der Waals surface area contributed by atoms with Crippen LogP contribution in [0.2, 0.25) is 0 Å². The molecule has 7 aromatic carbocycles. The standard InChI is InChI=1S/7C6H6.C5H12.C2H6O.9C2H6/c7*1-2-4-6-5-3-1;1-5(2,3)4;1-3-2;9*1-2/h7*1-6H;1-4H3;1-2H3;9*1-2H3. The van der Waals surface area contributed by atoms with Crippen LogP contribution < -0.4 is 0 Å². The highest BCUT2D eigenvalue weighted by Gasteiger charge is 1.95. The summed E-state index contributed by atoms with van der Waals surface area (Å²) in [5.74, 6) is 0. The molecule has 7 aromatic rings. The van der Waals surface area contributed by atoms with E-state index in [4.69, 9.17) is 0 Å². The first-order valence-electron chi connectivity index (χ1n) is 25.8. The second-order valence-corrected chi connectivity index (χ2v) is 11.5. The van der Waals surface area contributed by atoms with E-state index in [1.807, 2.05) is 379 Å². The maximum Gasteiger partial charge on any atom is 0.0351 e. The summed E-state index contributed by atoms with van der Waals surface area (Å²) in [5, 5.41) is 0. The summed E-state index contributed by atoms with van der Waals surface area (Å²) in [6, 6.07) is 84.0. The number of rotatable bonds is 0. The van der Waals surface area contributed by atoms with Gasteiger partial charge in [-0.05, 0) is 5.41 Å². The van der Waals surface area contributed by atoms with Gasteiger partial charge in [0.25, 0.3) is 0 Å². The average Bonchev–Trinajstić information content (AvgIpc) is 3.48. The summed E-state index contributed by atoms with van der Waals surface area (Å²) in [5.41, 5.74) is 0.500. The van der Waals surface area contributed by atoms with Crippen LogP contribution in [-0.2, 0) is 4.74 Å². The SMILES string of the molecule is CC.CC.CC.CC.CC.CC.CC.CC.CC.CC(C)(C)C.COC.c1ccccc1.c1ccccc1.c1ccccc1.c1ccccc1.c1ccccc1.c1ccccc1.c1ccccc1. The highest BCUT2D eigenvalue weighted by atomic mass is 16.4. The van der Waals surface area contributed by atoms with Crippen molar-refractivity contribution in [3.8, 4) is 0 Å². The summed E-state index contributed by atoms with van der Waals surface area (Å²) in [6.07, 6.45) is 0. The zero-order chi connectivity index (χ0) is 54.9. The molecule has 0 heterocycles. The van der Waals surface area contributed by atoms with E-state index in [0.717, 1.165) is 0 Å². The average molecular weight is 936 g/mol. The fourth-order valence-electron chi connectivity index (χ4n) is 2.69. The first-order chi connectivity index (χ1) is 33.4. The molecular weight excluding hydrogens is 821 g/mol. The molecule has 0 aliphatic heterocycles. The smallest absolute Gasteiger partial charge is 0.0351 e. The molecule has 0 spiro atoms. The van der Waals surface area contributed by atoms with Crippen LogP contribution in [0.4, 0.5) is 0 Å². The van der Waals surface area contributed by atoms with Crippen LogP contribution in [0.1, 0.15) is 152 Å². The fraction of sp³-hybridized carbons (Fsp3) is 0.373. The highest BCUT2D eigenvalue weighted by molar-refractivity contribution is 5.02. The van der Waals surface area contributed by atoms with Crippen molar-refractivity contribution in [2.45, 2.75) is 152 Å². The normalized spacial score (nSPS) is 6.88. The van der Waals surface area contributed by atoms with E-state index in [-0.39, 0.29) is 0 Å². The van der Waals surface area contributed by atoms with Crippen molar-refractivity contribution < 1.29 is 4.74 Å². The molecule has 0 fully saturated rings. The Hall–Kier alpha value is -5.50. The Kier molecular flexibility index (Phi) is 156. The van der Waals surface area contributed by atoms with E-state index in [1.165, 1.54) is 0 Å². The van der Waals surface area contributed by atoms with Crippen molar-refractivity contribution in [2.75, 3.05) is 14.2 Å². The Bertz CT molecular complexity index is 921. The number of methoxy groups -OCH3 is 1. The van der Waals surface area contributed by atoms with Gasteiger partial charge in [-0.25, -0.2) is 0 Å². The van der Waals surface area contributed by atoms with E-state index >= 15 is 0 Å². The summed E-state index contributed by atoms with van der Waals surface area (Å²) < 4.78 is 4.25. The molecule has 388 valence electrons. The first kappa shape index (κ1) is 89.1. The predicted molar refractivity (Wildman–Crippen MR) is 325 cm³/mol. The minimum Gasteiger partial charge on any atom is -0.388 e. The Balaban J connectivity index is -0.0000000575. The van der Waals surface area contributed by atoms with Crippen molar-refractivity contribution in [3.05, 3.63) is 255 Å². The molecule has 68 heavy (non-hydrogen) atoms. The topological polar surface area (TPSA) is 9.23 Å². The van der Waals surface area contributed by atoms with Gasteiger partial charge < -0.3 is 4.74 Å². The molecular formula is C67H114O. The second kappa shape index (κ2) is 119. The second-order valence-electron chi connectivity index (χ2n) is 11.5. The minimum absolute atomic E-state index is 0.500. The maximum atomic E-state index is 4.25. The van der Waals surface area contributed by atoms with Crippen molar-refractivity contribution in [1.29, 1.82) is 0 Å². The molecule has 0 aromatic heterocycles. The van der Waals surface area contributed by atoms with Crippen LogP contribution in [-0.4, -0.2) is 14.2 Å². The first-order valence-corrected chi connectivity index (χ1v) is 25.8. The van der Waals surface area contributed by atoms with Gasteiger partial charge in [-0.15, -0.1) is 0 Å². The van der Waals surface area contributed by atoms with E-state index in [2.05, 4.69) is 32.4 Å². The zero-order valence-electron chi connectivity index (χ0n) is 49.2. The molecule has 0 saturated heterocycles. The lowest BCUT2D eigenvalue weighted by Gasteiger charge is -2.05.